The highest BCUT2D eigenvalue weighted by molar-refractivity contribution is 7.51. The molecule has 10 heavy (non-hydrogen) atoms. The molecule has 9 heteroatoms. The molecule has 0 heterocycles. The van der Waals surface area contributed by atoms with Crippen molar-refractivity contribution in [3.8, 4) is 0 Å². The minimum absolute atomic E-state index is 0.562. The van der Waals surface area contributed by atoms with Gasteiger partial charge in [0.2, 0.25) is 0 Å². The molecule has 8 nitrogen and oxygen atoms in total. The van der Waals surface area contributed by atoms with Gasteiger partial charge in [-0.05, 0) is 0 Å². The first-order chi connectivity index (χ1) is 4.29. The highest BCUT2D eigenvalue weighted by Gasteiger charge is 2.05. The Kier molecular flexibility index (Phi) is 6.16. The Labute approximate surface area is 55.5 Å². The van der Waals surface area contributed by atoms with E-state index in [-0.39, 0.29) is 0 Å². The van der Waals surface area contributed by atoms with E-state index in [9.17, 15) is 4.57 Å². The summed E-state index contributed by atoms with van der Waals surface area (Å²) in [5.41, 5.74) is 4.54. The molecule has 0 rings (SSSR count). The molecule has 0 bridgehead atoms. The Bertz CT molecular complexity index is 135. The maximum atomic E-state index is 9.57. The lowest BCUT2D eigenvalue weighted by atomic mass is 11.6. The zero-order valence-electron chi connectivity index (χ0n) is 4.75. The third-order valence-electron chi connectivity index (χ3n) is 0.238. The average Bonchev–Trinajstić information content (AvgIpc) is 1.63. The number of hydrogen-bond donors (Lipinski definition) is 4. The molecule has 0 aromatic rings. The van der Waals surface area contributed by atoms with Crippen molar-refractivity contribution in [2.24, 2.45) is 5.73 Å². The predicted octanol–water partition coefficient (Wildman–Crippen LogP) is -1.27. The van der Waals surface area contributed by atoms with Gasteiger partial charge in [-0.2, -0.15) is 0 Å². The van der Waals surface area contributed by atoms with Crippen LogP contribution in [0.4, 0.5) is 0 Å². The van der Waals surface area contributed by atoms with Crippen LogP contribution in [0.25, 0.3) is 0 Å². The van der Waals surface area contributed by atoms with E-state index >= 15 is 0 Å². The Morgan fingerprint density at radius 3 is 1.70 bits per heavy atom. The minimum atomic E-state index is -3.87. The lowest BCUT2D eigenvalue weighted by Gasteiger charge is -1.92. The van der Waals surface area contributed by atoms with E-state index in [1.165, 1.54) is 0 Å². The van der Waals surface area contributed by atoms with Gasteiger partial charge >= 0.3 is 7.60 Å². The summed E-state index contributed by atoms with van der Waals surface area (Å²) in [6, 6.07) is 0. The normalized spacial score (nSPS) is 9.50. The fourth-order valence-corrected chi connectivity index (χ4v) is 0. The highest BCUT2D eigenvalue weighted by atomic mass is 31.2. The van der Waals surface area contributed by atoms with Gasteiger partial charge in [0.25, 0.3) is 5.09 Å². The third-order valence-corrected chi connectivity index (χ3v) is 0.714. The monoisotopic (exact) mass is 174 g/mol. The summed E-state index contributed by atoms with van der Waals surface area (Å²) in [5.74, 6) is 0. The lowest BCUT2D eigenvalue weighted by Crippen LogP contribution is -1.97. The van der Waals surface area contributed by atoms with Crippen molar-refractivity contribution >= 4 is 7.60 Å². The van der Waals surface area contributed by atoms with E-state index in [1.54, 1.807) is 0 Å². The van der Waals surface area contributed by atoms with E-state index in [0.29, 0.717) is 0 Å². The molecule has 5 N–H and O–H groups in total. The van der Waals surface area contributed by atoms with Crippen LogP contribution in [0.5, 0.6) is 0 Å². The van der Waals surface area contributed by atoms with Gasteiger partial charge in [0, 0.05) is 0 Å². The molecule has 0 aromatic carbocycles. The first kappa shape index (κ1) is 12.0. The molecule has 0 saturated carbocycles. The number of nitrogens with two attached hydrogens (primary N) is 1. The second kappa shape index (κ2) is 5.12. The molecule has 0 aliphatic heterocycles. The Hall–Kier alpha value is -0.690. The van der Waals surface area contributed by atoms with Crippen LogP contribution in [0.3, 0.4) is 0 Å². The van der Waals surface area contributed by atoms with Gasteiger partial charge in [-0.25, -0.2) is 0 Å². The summed E-state index contributed by atoms with van der Waals surface area (Å²) >= 11 is 0. The fourth-order valence-electron chi connectivity index (χ4n) is 0. The molecule has 0 unspecified atom stereocenters. The van der Waals surface area contributed by atoms with Crippen molar-refractivity contribution in [3.63, 3.8) is 0 Å². The van der Waals surface area contributed by atoms with Crippen LogP contribution in [-0.2, 0) is 4.57 Å². The second-order valence-corrected chi connectivity index (χ2v) is 2.78. The van der Waals surface area contributed by atoms with E-state index < -0.39 is 19.0 Å². The van der Waals surface area contributed by atoms with E-state index in [1.807, 2.05) is 0 Å². The summed E-state index contributed by atoms with van der Waals surface area (Å²) in [6.45, 7) is 0. The minimum Gasteiger partial charge on any atom is -0.328 e. The summed E-state index contributed by atoms with van der Waals surface area (Å²) in [6.07, 6.45) is -0.562. The van der Waals surface area contributed by atoms with E-state index in [4.69, 9.17) is 25.1 Å². The van der Waals surface area contributed by atoms with Crippen LogP contribution >= 0.6 is 7.60 Å². The van der Waals surface area contributed by atoms with Crippen LogP contribution in [0.1, 0.15) is 0 Å². The van der Waals surface area contributed by atoms with Crippen molar-refractivity contribution in [1.82, 2.24) is 0 Å². The Balaban J connectivity index is 0. The number of hydrogen-bond acceptors (Lipinski definition) is 4. The van der Waals surface area contributed by atoms with Gasteiger partial charge in [0.15, 0.2) is 0 Å². The maximum Gasteiger partial charge on any atom is 0.338 e. The van der Waals surface area contributed by atoms with Crippen LogP contribution in [0.2, 0.25) is 0 Å². The van der Waals surface area contributed by atoms with Crippen molar-refractivity contribution in [2.45, 2.75) is 0 Å². The standard InChI is InChI=1S/CH6NO3P.HNO3/c2-1-6(3,4)5;2-1(3)4/h1-2H2,(H2,3,4,5);(H,2,3,4). The second-order valence-electron chi connectivity index (χ2n) is 1.09. The zero-order chi connectivity index (χ0) is 8.78. The smallest absolute Gasteiger partial charge is 0.328 e. The highest BCUT2D eigenvalue weighted by Crippen LogP contribution is 2.30. The van der Waals surface area contributed by atoms with Crippen molar-refractivity contribution in [3.05, 3.63) is 10.1 Å². The van der Waals surface area contributed by atoms with Crippen LogP contribution in [-0.4, -0.2) is 26.4 Å². The molecule has 0 fully saturated rings. The topological polar surface area (TPSA) is 147 Å². The summed E-state index contributed by atoms with van der Waals surface area (Å²) in [4.78, 5) is 24.0. The first-order valence-corrected chi connectivity index (χ1v) is 3.67. The fraction of sp³-hybridized carbons (Fsp3) is 1.00. The van der Waals surface area contributed by atoms with Crippen LogP contribution in [0.15, 0.2) is 0 Å². The molecule has 0 amide bonds. The summed E-state index contributed by atoms with van der Waals surface area (Å²) in [5, 5.41) is 13.6. The molecule has 0 aliphatic rings. The third kappa shape index (κ3) is 54.5. The number of rotatable bonds is 1. The molecule has 62 valence electrons. The van der Waals surface area contributed by atoms with Crippen molar-refractivity contribution < 1.29 is 24.6 Å². The largest absolute Gasteiger partial charge is 0.338 e. The van der Waals surface area contributed by atoms with Gasteiger partial charge in [0.05, 0.1) is 6.29 Å². The maximum absolute atomic E-state index is 9.57. The lowest BCUT2D eigenvalue weighted by molar-refractivity contribution is -0.742. The SMILES string of the molecule is NCP(=O)(O)O.O=[N+]([O-])O. The van der Waals surface area contributed by atoms with E-state index in [2.05, 4.69) is 5.73 Å². The van der Waals surface area contributed by atoms with Crippen LogP contribution < -0.4 is 5.73 Å². The molecule has 0 radical (unpaired) electrons. The summed E-state index contributed by atoms with van der Waals surface area (Å²) < 4.78 is 9.57. The molecule has 0 atom stereocenters. The molecule has 0 saturated heterocycles. The molecular formula is CH7N2O6P. The van der Waals surface area contributed by atoms with E-state index in [0.717, 1.165) is 0 Å². The first-order valence-electron chi connectivity index (χ1n) is 1.87. The molecule has 0 spiro atoms. The quantitative estimate of drug-likeness (QED) is 0.220. The van der Waals surface area contributed by atoms with Gasteiger partial charge in [-0.1, -0.05) is 0 Å². The molecule has 0 aliphatic carbocycles. The van der Waals surface area contributed by atoms with Gasteiger partial charge in [-0.3, -0.25) is 4.57 Å². The number of nitrogens with zero attached hydrogens (tertiary/aromatic N) is 1. The Morgan fingerprint density at radius 1 is 1.60 bits per heavy atom. The molecule has 0 aromatic heterocycles. The Morgan fingerprint density at radius 2 is 1.70 bits per heavy atom. The van der Waals surface area contributed by atoms with Crippen molar-refractivity contribution in [2.75, 3.05) is 6.29 Å². The van der Waals surface area contributed by atoms with Crippen LogP contribution in [0, 0.1) is 10.1 Å². The van der Waals surface area contributed by atoms with Gasteiger partial charge < -0.3 is 20.7 Å². The average molecular weight is 174 g/mol. The van der Waals surface area contributed by atoms with Gasteiger partial charge in [0.1, 0.15) is 0 Å². The van der Waals surface area contributed by atoms with Gasteiger partial charge in [-0.15, -0.1) is 10.1 Å². The summed E-state index contributed by atoms with van der Waals surface area (Å²) in [7, 11) is -3.87. The predicted molar refractivity (Wildman–Crippen MR) is 29.9 cm³/mol. The van der Waals surface area contributed by atoms with Crippen molar-refractivity contribution in [1.29, 1.82) is 0 Å². The zero-order valence-corrected chi connectivity index (χ0v) is 5.64. The molecular weight excluding hydrogens is 167 g/mol.